The van der Waals surface area contributed by atoms with Crippen molar-refractivity contribution in [1.82, 2.24) is 0 Å². The molecular formula is C28H62O41P8. The van der Waals surface area contributed by atoms with Crippen LogP contribution in [0.25, 0.3) is 0 Å². The molecule has 0 aromatic carbocycles. The van der Waals surface area contributed by atoms with E-state index in [2.05, 4.69) is 27.1 Å². The summed E-state index contributed by atoms with van der Waals surface area (Å²) in [5, 5.41) is 0. The van der Waals surface area contributed by atoms with Gasteiger partial charge in [0.15, 0.2) is 0 Å². The van der Waals surface area contributed by atoms with Gasteiger partial charge in [0.25, 0.3) is 0 Å². The molecule has 0 bridgehead atoms. The van der Waals surface area contributed by atoms with Crippen molar-refractivity contribution in [2.45, 2.75) is 99.3 Å². The Hall–Kier alpha value is 0.520. The van der Waals surface area contributed by atoms with Crippen molar-refractivity contribution in [3.8, 4) is 0 Å². The molecule has 0 aromatic heterocycles. The molecule has 0 heterocycles. The summed E-state index contributed by atoms with van der Waals surface area (Å²) in [6.07, 6.45) is -33.3. The van der Waals surface area contributed by atoms with Crippen molar-refractivity contribution in [3.63, 3.8) is 0 Å². The molecule has 2 aliphatic rings. The van der Waals surface area contributed by atoms with E-state index in [-0.39, 0.29) is 13.2 Å². The van der Waals surface area contributed by atoms with E-state index in [4.69, 9.17) is 51.7 Å². The van der Waals surface area contributed by atoms with Crippen LogP contribution >= 0.6 is 62.6 Å². The highest BCUT2D eigenvalue weighted by Crippen LogP contribution is 2.55. The third-order valence-electron chi connectivity index (χ3n) is 9.43. The number of methoxy groups -OCH3 is 2. The molecule has 2 fully saturated rings. The van der Waals surface area contributed by atoms with E-state index in [1.54, 1.807) is 0 Å². The maximum absolute atomic E-state index is 12.4. The van der Waals surface area contributed by atoms with Crippen molar-refractivity contribution in [2.75, 3.05) is 80.3 Å². The average Bonchev–Trinajstić information content (AvgIpc) is 3.20. The van der Waals surface area contributed by atoms with E-state index in [0.29, 0.717) is 0 Å². The van der Waals surface area contributed by atoms with Crippen molar-refractivity contribution in [1.29, 1.82) is 0 Å². The molecule has 0 aromatic rings. The fraction of sp³-hybridized carbons (Fsp3) is 1.00. The molecular weight excluding hydrogens is 1240 g/mol. The summed E-state index contributed by atoms with van der Waals surface area (Å²) in [5.74, 6) is 0. The van der Waals surface area contributed by atoms with E-state index >= 15 is 0 Å². The van der Waals surface area contributed by atoms with Crippen LogP contribution in [0.4, 0.5) is 0 Å². The molecule has 77 heavy (non-hydrogen) atoms. The number of rotatable bonds is 38. The van der Waals surface area contributed by atoms with Crippen LogP contribution in [-0.2, 0) is 115 Å². The van der Waals surface area contributed by atoms with E-state index in [1.165, 1.54) is 28.1 Å². The second kappa shape index (κ2) is 31.6. The summed E-state index contributed by atoms with van der Waals surface area (Å²) in [4.78, 5) is 158. The normalized spacial score (nSPS) is 28.4. The van der Waals surface area contributed by atoms with E-state index < -0.39 is 201 Å². The first-order valence-electron chi connectivity index (χ1n) is 21.1. The summed E-state index contributed by atoms with van der Waals surface area (Å²) in [6.45, 7) is -3.27. The molecule has 49 heteroatoms. The summed E-state index contributed by atoms with van der Waals surface area (Å²) < 4.78 is 184. The SMILES string of the molecule is COCC(C)OCCO[C@@H]1[C@@H](OP(=O)(O)O)[C@@H](OCCOCCO[C@@H]2[C@H](OP(=O)(O)O)[C@@H](OCCOC(C)COC)[C@H](OP(=O)(O)O)[C@@H](OP(=O)(O)O)[C@@H]2OP(=O)(O)O)[C@@H](OP(=O)(O)O)[C@H](OP(=O)(O)O)[C@H]1OP(=O)(O)O. The lowest BCUT2D eigenvalue weighted by Gasteiger charge is -2.48. The smallest absolute Gasteiger partial charge is 0.382 e. The van der Waals surface area contributed by atoms with Gasteiger partial charge in [0.05, 0.1) is 78.3 Å². The van der Waals surface area contributed by atoms with Crippen LogP contribution in [0.15, 0.2) is 0 Å². The molecule has 0 spiro atoms. The van der Waals surface area contributed by atoms with Gasteiger partial charge in [-0.1, -0.05) is 0 Å². The van der Waals surface area contributed by atoms with Crippen LogP contribution in [0.2, 0.25) is 0 Å². The van der Waals surface area contributed by atoms with Crippen LogP contribution < -0.4 is 0 Å². The van der Waals surface area contributed by atoms with E-state index in [1.807, 2.05) is 0 Å². The molecule has 2 unspecified atom stereocenters. The Balaban J connectivity index is 2.64. The second-order valence-corrected chi connectivity index (χ2v) is 25.2. The zero-order valence-electron chi connectivity index (χ0n) is 40.1. The topological polar surface area (TPSA) is 617 Å². The third-order valence-corrected chi connectivity index (χ3v) is 13.6. The molecule has 0 aliphatic heterocycles. The van der Waals surface area contributed by atoms with Crippen LogP contribution in [0.1, 0.15) is 13.8 Å². The van der Waals surface area contributed by atoms with Gasteiger partial charge in [-0.15, -0.1) is 0 Å². The minimum atomic E-state index is -6.02. The maximum atomic E-state index is 12.4. The van der Waals surface area contributed by atoms with Crippen LogP contribution in [0.5, 0.6) is 0 Å². The van der Waals surface area contributed by atoms with Crippen LogP contribution in [0.3, 0.4) is 0 Å². The highest BCUT2D eigenvalue weighted by atomic mass is 31.2. The van der Waals surface area contributed by atoms with Gasteiger partial charge in [0, 0.05) is 14.2 Å². The van der Waals surface area contributed by atoms with Crippen LogP contribution in [-0.4, -0.2) is 244 Å². The van der Waals surface area contributed by atoms with Crippen LogP contribution in [0, 0.1) is 0 Å². The summed E-state index contributed by atoms with van der Waals surface area (Å²) in [7, 11) is -45.2. The molecule has 41 nitrogen and oxygen atoms in total. The monoisotopic (exact) mass is 1300 g/mol. The highest BCUT2D eigenvalue weighted by molar-refractivity contribution is 7.48. The largest absolute Gasteiger partial charge is 0.470 e. The zero-order chi connectivity index (χ0) is 59.2. The number of hydrogen-bond donors (Lipinski definition) is 16. The fourth-order valence-corrected chi connectivity index (χ4v) is 11.7. The summed E-state index contributed by atoms with van der Waals surface area (Å²) in [6, 6.07) is 0. The predicted octanol–water partition coefficient (Wildman–Crippen LogP) is -3.50. The number of ether oxygens (including phenoxy) is 9. The molecule has 460 valence electrons. The Labute approximate surface area is 435 Å². The van der Waals surface area contributed by atoms with Gasteiger partial charge in [0.1, 0.15) is 73.2 Å². The minimum Gasteiger partial charge on any atom is -0.382 e. The standard InChI is InChI=1S/C28H62O41P8/c1-15(13-53-3)56-9-11-60-19-21(62-70(29,30)31)17(23(64-72(35,36)37)27(68-76(47,48)49)25(19)66-74(41,42)43)58-7-5-55-6-8-59-18-22(63-71(32,33)34)20(61-12-10-57-16(2)14-54-4)26(67-75(44,45)46)28(69-77(50,51)52)24(18)65-73(38,39)40/h15-28H,5-14H2,1-4H3,(H2,29,30,31)(H2,32,33,34)(H2,35,36,37)(H2,38,39,40)(H2,41,42,43)(H2,44,45,46)(H2,47,48,49)(H2,50,51,52)/t15?,16?,17-,18-,19-,20-,21+,22+,23-,24-,25+,26+,27+,28+/m1/s1. The first-order chi connectivity index (χ1) is 34.9. The molecule has 2 aliphatic carbocycles. The van der Waals surface area contributed by atoms with Crippen molar-refractivity contribution < 1.29 is 194 Å². The lowest BCUT2D eigenvalue weighted by molar-refractivity contribution is -0.239. The second-order valence-electron chi connectivity index (χ2n) is 15.7. The summed E-state index contributed by atoms with van der Waals surface area (Å²) >= 11 is 0. The first-order valence-corrected chi connectivity index (χ1v) is 33.3. The number of phosphoric ester groups is 8. The maximum Gasteiger partial charge on any atom is 0.470 e. The molecule has 14 atom stereocenters. The Bertz CT molecular complexity index is 2010. The van der Waals surface area contributed by atoms with Crippen molar-refractivity contribution in [3.05, 3.63) is 0 Å². The Morgan fingerprint density at radius 3 is 0.636 bits per heavy atom. The quantitative estimate of drug-likeness (QED) is 0.0211. The highest BCUT2D eigenvalue weighted by Gasteiger charge is 2.62. The van der Waals surface area contributed by atoms with Gasteiger partial charge in [-0.05, 0) is 13.8 Å². The van der Waals surface area contributed by atoms with Gasteiger partial charge in [-0.25, -0.2) is 36.5 Å². The van der Waals surface area contributed by atoms with Crippen molar-refractivity contribution in [2.24, 2.45) is 0 Å². The fourth-order valence-electron chi connectivity index (χ4n) is 7.25. The molecule has 0 radical (unpaired) electrons. The lowest BCUT2D eigenvalue weighted by atomic mass is 9.84. The molecule has 2 saturated carbocycles. The van der Waals surface area contributed by atoms with Crippen molar-refractivity contribution >= 4 is 62.6 Å². The minimum absolute atomic E-state index is 0.00735. The predicted molar refractivity (Wildman–Crippen MR) is 240 cm³/mol. The van der Waals surface area contributed by atoms with Gasteiger partial charge in [-0.3, -0.25) is 36.2 Å². The van der Waals surface area contributed by atoms with Gasteiger partial charge in [-0.2, -0.15) is 0 Å². The molecule has 0 amide bonds. The Kier molecular flexibility index (Phi) is 30.2. The molecule has 16 N–H and O–H groups in total. The molecule has 0 saturated heterocycles. The number of phosphoric acid groups is 8. The Morgan fingerprint density at radius 2 is 0.455 bits per heavy atom. The average molecular weight is 1300 g/mol. The lowest BCUT2D eigenvalue weighted by Crippen LogP contribution is -2.67. The van der Waals surface area contributed by atoms with E-state index in [9.17, 15) is 115 Å². The van der Waals surface area contributed by atoms with Gasteiger partial charge >= 0.3 is 62.6 Å². The third kappa shape index (κ3) is 30.3. The Morgan fingerprint density at radius 1 is 0.286 bits per heavy atom. The first kappa shape index (κ1) is 73.6. The summed E-state index contributed by atoms with van der Waals surface area (Å²) in [5.41, 5.74) is 0. The zero-order valence-corrected chi connectivity index (χ0v) is 47.2. The number of hydrogen-bond acceptors (Lipinski definition) is 25. The van der Waals surface area contributed by atoms with Gasteiger partial charge < -0.3 is 121 Å². The van der Waals surface area contributed by atoms with E-state index in [0.717, 1.165) is 0 Å². The molecule has 2 rings (SSSR count). The van der Waals surface area contributed by atoms with Gasteiger partial charge in [0.2, 0.25) is 0 Å².